The Morgan fingerprint density at radius 1 is 1.11 bits per heavy atom. The summed E-state index contributed by atoms with van der Waals surface area (Å²) >= 11 is 0. The number of hydrogen-bond acceptors (Lipinski definition) is 2. The molecule has 3 aromatic rings. The van der Waals surface area contributed by atoms with Crippen LogP contribution in [0.1, 0.15) is 105 Å². The molecule has 0 atom stereocenters. The van der Waals surface area contributed by atoms with Crippen molar-refractivity contribution in [3.05, 3.63) is 77.0 Å². The number of carbonyl (C=O) groups is 1. The highest BCUT2D eigenvalue weighted by Crippen LogP contribution is 2.43. The van der Waals surface area contributed by atoms with Crippen molar-refractivity contribution in [3.8, 4) is 0 Å². The van der Waals surface area contributed by atoms with E-state index in [0.717, 1.165) is 30.6 Å². The molecule has 0 unspecified atom stereocenters. The molecule has 1 heterocycles. The van der Waals surface area contributed by atoms with Gasteiger partial charge in [-0.2, -0.15) is 0 Å². The Bertz CT molecular complexity index is 1350. The van der Waals surface area contributed by atoms with E-state index in [1.807, 2.05) is 12.1 Å². The van der Waals surface area contributed by atoms with Crippen LogP contribution < -0.4 is 5.32 Å². The van der Waals surface area contributed by atoms with Gasteiger partial charge < -0.3 is 15.0 Å². The monoisotopic (exact) mass is 512 g/mol. The SMILES string of the molecule is C=C(NC(C)C)c1cn(CCCC)c2c(/C(C)=C(/c3ccc(C(=O)O)cc3C)C3CCCCC3)cccc12. The molecule has 1 aliphatic carbocycles. The number of fused-ring (bicyclic) bond motifs is 1. The third-order valence-electron chi connectivity index (χ3n) is 8.02. The number of carboxylic acid groups (broad SMARTS) is 1. The van der Waals surface area contributed by atoms with Gasteiger partial charge in [-0.1, -0.05) is 63.5 Å². The zero-order chi connectivity index (χ0) is 27.4. The summed E-state index contributed by atoms with van der Waals surface area (Å²) in [6.45, 7) is 16.2. The van der Waals surface area contributed by atoms with E-state index in [1.54, 1.807) is 6.07 Å². The lowest BCUT2D eigenvalue weighted by atomic mass is 9.76. The second kappa shape index (κ2) is 12.1. The summed E-state index contributed by atoms with van der Waals surface area (Å²) in [4.78, 5) is 11.7. The highest BCUT2D eigenvalue weighted by molar-refractivity contribution is 6.03. The van der Waals surface area contributed by atoms with Crippen LogP contribution >= 0.6 is 0 Å². The number of aromatic carboxylic acids is 1. The topological polar surface area (TPSA) is 54.3 Å². The maximum atomic E-state index is 11.7. The van der Waals surface area contributed by atoms with Gasteiger partial charge in [-0.05, 0) is 87.3 Å². The van der Waals surface area contributed by atoms with Crippen LogP contribution in [-0.4, -0.2) is 21.7 Å². The normalized spacial score (nSPS) is 15.1. The second-order valence-electron chi connectivity index (χ2n) is 11.3. The molecule has 0 bridgehead atoms. The number of nitrogens with zero attached hydrogens (tertiary/aromatic N) is 1. The molecule has 202 valence electrons. The predicted octanol–water partition coefficient (Wildman–Crippen LogP) is 8.93. The molecule has 0 radical (unpaired) electrons. The van der Waals surface area contributed by atoms with Crippen LogP contribution in [0.2, 0.25) is 0 Å². The molecular formula is C34H44N2O2. The molecule has 4 heteroatoms. The quantitative estimate of drug-likeness (QED) is 0.267. The largest absolute Gasteiger partial charge is 0.478 e. The Kier molecular flexibility index (Phi) is 8.81. The molecule has 2 aromatic carbocycles. The number of allylic oxidation sites excluding steroid dienone is 2. The average Bonchev–Trinajstić information content (AvgIpc) is 3.27. The first-order chi connectivity index (χ1) is 18.2. The van der Waals surface area contributed by atoms with Crippen LogP contribution in [0.5, 0.6) is 0 Å². The first-order valence-electron chi connectivity index (χ1n) is 14.4. The van der Waals surface area contributed by atoms with Crippen LogP contribution in [0.15, 0.2) is 49.2 Å². The van der Waals surface area contributed by atoms with Crippen molar-refractivity contribution >= 4 is 33.7 Å². The summed E-state index contributed by atoms with van der Waals surface area (Å²) in [6, 6.07) is 12.6. The lowest BCUT2D eigenvalue weighted by Gasteiger charge is -2.28. The number of unbranched alkanes of at least 4 members (excludes halogenated alkanes) is 1. The van der Waals surface area contributed by atoms with Gasteiger partial charge in [0, 0.05) is 41.0 Å². The molecule has 0 saturated heterocycles. The van der Waals surface area contributed by atoms with Crippen LogP contribution in [0.25, 0.3) is 27.7 Å². The first kappa shape index (κ1) is 27.8. The molecule has 4 nitrogen and oxygen atoms in total. The number of hydrogen-bond donors (Lipinski definition) is 2. The Labute approximate surface area is 228 Å². The number of aryl methyl sites for hydroxylation is 2. The smallest absolute Gasteiger partial charge is 0.335 e. The Morgan fingerprint density at radius 3 is 2.47 bits per heavy atom. The van der Waals surface area contributed by atoms with Gasteiger partial charge in [0.05, 0.1) is 11.1 Å². The fourth-order valence-electron chi connectivity index (χ4n) is 6.20. The van der Waals surface area contributed by atoms with Crippen LogP contribution in [0.3, 0.4) is 0 Å². The second-order valence-corrected chi connectivity index (χ2v) is 11.3. The molecule has 4 rings (SSSR count). The summed E-state index contributed by atoms with van der Waals surface area (Å²) in [5, 5.41) is 14.3. The molecule has 1 fully saturated rings. The molecule has 1 saturated carbocycles. The van der Waals surface area contributed by atoms with Crippen molar-refractivity contribution in [1.29, 1.82) is 0 Å². The van der Waals surface area contributed by atoms with Gasteiger partial charge in [-0.3, -0.25) is 0 Å². The van der Waals surface area contributed by atoms with Crippen molar-refractivity contribution in [2.45, 2.75) is 92.2 Å². The van der Waals surface area contributed by atoms with E-state index in [9.17, 15) is 9.90 Å². The number of rotatable bonds is 10. The minimum atomic E-state index is -0.874. The number of carboxylic acids is 1. The number of para-hydroxylation sites is 1. The van der Waals surface area contributed by atoms with E-state index in [1.165, 1.54) is 70.8 Å². The first-order valence-corrected chi connectivity index (χ1v) is 14.4. The molecule has 0 amide bonds. The van der Waals surface area contributed by atoms with Crippen molar-refractivity contribution in [1.82, 2.24) is 9.88 Å². The van der Waals surface area contributed by atoms with Gasteiger partial charge in [0.25, 0.3) is 0 Å². The van der Waals surface area contributed by atoms with E-state index in [-0.39, 0.29) is 0 Å². The third kappa shape index (κ3) is 5.75. The maximum absolute atomic E-state index is 11.7. The molecule has 0 aliphatic heterocycles. The Balaban J connectivity index is 1.97. The van der Waals surface area contributed by atoms with Gasteiger partial charge in [0.15, 0.2) is 0 Å². The number of aromatic nitrogens is 1. The van der Waals surface area contributed by atoms with Crippen molar-refractivity contribution in [3.63, 3.8) is 0 Å². The molecule has 1 aromatic heterocycles. The Morgan fingerprint density at radius 2 is 1.84 bits per heavy atom. The molecule has 1 aliphatic rings. The highest BCUT2D eigenvalue weighted by atomic mass is 16.4. The fourth-order valence-corrected chi connectivity index (χ4v) is 6.20. The van der Waals surface area contributed by atoms with E-state index < -0.39 is 5.97 Å². The molecule has 38 heavy (non-hydrogen) atoms. The van der Waals surface area contributed by atoms with Crippen LogP contribution in [0, 0.1) is 12.8 Å². The lowest BCUT2D eigenvalue weighted by Crippen LogP contribution is -2.20. The van der Waals surface area contributed by atoms with Crippen molar-refractivity contribution in [2.75, 3.05) is 0 Å². The van der Waals surface area contributed by atoms with E-state index in [2.05, 4.69) is 75.5 Å². The van der Waals surface area contributed by atoms with E-state index in [4.69, 9.17) is 0 Å². The van der Waals surface area contributed by atoms with Gasteiger partial charge in [-0.25, -0.2) is 4.79 Å². The van der Waals surface area contributed by atoms with E-state index >= 15 is 0 Å². The van der Waals surface area contributed by atoms with E-state index in [0.29, 0.717) is 17.5 Å². The zero-order valence-corrected chi connectivity index (χ0v) is 23.9. The van der Waals surface area contributed by atoms with Crippen LogP contribution in [-0.2, 0) is 6.54 Å². The summed E-state index contributed by atoms with van der Waals surface area (Å²) < 4.78 is 2.43. The summed E-state index contributed by atoms with van der Waals surface area (Å²) in [5.41, 5.74) is 9.94. The Hall–Kier alpha value is -3.27. The molecular weight excluding hydrogens is 468 g/mol. The van der Waals surface area contributed by atoms with Gasteiger partial charge >= 0.3 is 5.97 Å². The standard InChI is InChI=1S/C34H44N2O2/c1-7-8-19-36-21-31(25(6)35-22(2)3)30-16-12-15-29(33(30)36)24(5)32(26-13-10-9-11-14-26)28-18-17-27(34(37)38)20-23(28)4/h12,15-18,20-22,26,35H,6-11,13-14,19H2,1-5H3,(H,37,38)/b32-24+. The maximum Gasteiger partial charge on any atom is 0.335 e. The van der Waals surface area contributed by atoms with Crippen LogP contribution in [0.4, 0.5) is 0 Å². The molecule has 0 spiro atoms. The predicted molar refractivity (Wildman–Crippen MR) is 161 cm³/mol. The highest BCUT2D eigenvalue weighted by Gasteiger charge is 2.25. The van der Waals surface area contributed by atoms with Crippen molar-refractivity contribution < 1.29 is 9.90 Å². The lowest BCUT2D eigenvalue weighted by molar-refractivity contribution is 0.0696. The van der Waals surface area contributed by atoms with Crippen molar-refractivity contribution in [2.24, 2.45) is 5.92 Å². The summed E-state index contributed by atoms with van der Waals surface area (Å²) in [7, 11) is 0. The summed E-state index contributed by atoms with van der Waals surface area (Å²) in [6.07, 6.45) is 10.7. The molecule has 2 N–H and O–H groups in total. The minimum Gasteiger partial charge on any atom is -0.478 e. The number of nitrogens with one attached hydrogen (secondary N) is 1. The number of benzene rings is 2. The fraction of sp³-hybridized carbons (Fsp3) is 0.441. The average molecular weight is 513 g/mol. The van der Waals surface area contributed by atoms with Gasteiger partial charge in [0.1, 0.15) is 0 Å². The summed E-state index contributed by atoms with van der Waals surface area (Å²) in [5.74, 6) is -0.398. The van der Waals surface area contributed by atoms with Gasteiger partial charge in [0.2, 0.25) is 0 Å². The van der Waals surface area contributed by atoms with Gasteiger partial charge in [-0.15, -0.1) is 0 Å². The third-order valence-corrected chi connectivity index (χ3v) is 8.02. The minimum absolute atomic E-state index is 0.316. The zero-order valence-electron chi connectivity index (χ0n) is 23.9.